The van der Waals surface area contributed by atoms with Gasteiger partial charge in [0.25, 0.3) is 5.91 Å². The van der Waals surface area contributed by atoms with Crippen LogP contribution in [0.25, 0.3) is 11.1 Å². The number of amides is 2. The van der Waals surface area contributed by atoms with Crippen molar-refractivity contribution in [2.24, 2.45) is 5.92 Å². The Morgan fingerprint density at radius 3 is 2.23 bits per heavy atom. The molecule has 2 aromatic carbocycles. The Kier molecular flexibility index (Phi) is 8.31. The van der Waals surface area contributed by atoms with E-state index in [4.69, 9.17) is 4.74 Å². The lowest BCUT2D eigenvalue weighted by molar-refractivity contribution is -0.133. The predicted molar refractivity (Wildman–Crippen MR) is 122 cm³/mol. The highest BCUT2D eigenvalue weighted by Gasteiger charge is 2.54. The highest BCUT2D eigenvalue weighted by molar-refractivity contribution is 6.00. The van der Waals surface area contributed by atoms with Gasteiger partial charge in [0.2, 0.25) is 5.91 Å². The quantitative estimate of drug-likeness (QED) is 0.354. The summed E-state index contributed by atoms with van der Waals surface area (Å²) < 4.78 is 32.7. The van der Waals surface area contributed by atoms with Crippen LogP contribution in [-0.2, 0) is 14.3 Å². The van der Waals surface area contributed by atoms with Crippen LogP contribution in [0.5, 0.6) is 0 Å². The minimum atomic E-state index is -1.39. The number of aliphatic hydroxyl groups is 2. The monoisotopic (exact) mass is 490 g/mol. The second-order valence-corrected chi connectivity index (χ2v) is 8.91. The number of benzene rings is 2. The summed E-state index contributed by atoms with van der Waals surface area (Å²) >= 11 is 0. The number of halogens is 2. The van der Waals surface area contributed by atoms with Crippen molar-refractivity contribution in [3.8, 4) is 11.1 Å². The van der Waals surface area contributed by atoms with E-state index in [1.165, 1.54) is 24.3 Å². The molecule has 0 aliphatic carbocycles. The van der Waals surface area contributed by atoms with Gasteiger partial charge in [0.05, 0.1) is 25.9 Å². The molecule has 188 valence electrons. The maximum atomic E-state index is 14.3. The molecular weight excluding hydrogens is 462 g/mol. The first kappa shape index (κ1) is 26.4. The molecule has 2 aromatic rings. The van der Waals surface area contributed by atoms with Gasteiger partial charge in [-0.1, -0.05) is 26.0 Å². The average Bonchev–Trinajstić information content (AvgIpc) is 3.63. The zero-order valence-corrected chi connectivity index (χ0v) is 19.4. The van der Waals surface area contributed by atoms with E-state index in [-0.39, 0.29) is 30.1 Å². The van der Waals surface area contributed by atoms with Crippen LogP contribution in [0, 0.1) is 17.6 Å². The van der Waals surface area contributed by atoms with E-state index in [0.29, 0.717) is 5.56 Å². The summed E-state index contributed by atoms with van der Waals surface area (Å²) in [5.41, 5.74) is -0.915. The van der Waals surface area contributed by atoms with Gasteiger partial charge in [0.1, 0.15) is 17.7 Å². The average molecular weight is 491 g/mol. The van der Waals surface area contributed by atoms with E-state index in [2.05, 4.69) is 10.6 Å². The van der Waals surface area contributed by atoms with Crippen molar-refractivity contribution in [3.05, 3.63) is 59.7 Å². The number of hydrogen-bond acceptors (Lipinski definition) is 6. The van der Waals surface area contributed by atoms with Gasteiger partial charge in [-0.05, 0) is 48.2 Å². The molecule has 3 rings (SSSR count). The number of Topliss-reactive ketones (excluding diaryl/α,β-unsaturated/α-hetero) is 1. The number of hydrogen-bond donors (Lipinski definition) is 4. The Bertz CT molecular complexity index is 1090. The topological polar surface area (TPSA) is 128 Å². The Hall–Kier alpha value is -3.21. The molecule has 1 fully saturated rings. The molecule has 8 nitrogen and oxygen atoms in total. The second kappa shape index (κ2) is 11.0. The van der Waals surface area contributed by atoms with Crippen molar-refractivity contribution in [3.63, 3.8) is 0 Å². The van der Waals surface area contributed by atoms with Crippen LogP contribution < -0.4 is 10.6 Å². The van der Waals surface area contributed by atoms with Crippen LogP contribution in [0.2, 0.25) is 0 Å². The molecule has 2 amide bonds. The number of ketones is 1. The van der Waals surface area contributed by atoms with Crippen LogP contribution in [0.4, 0.5) is 8.78 Å². The third-order valence-electron chi connectivity index (χ3n) is 5.73. The molecular formula is C25H28F2N2O6. The van der Waals surface area contributed by atoms with Crippen LogP contribution in [0.15, 0.2) is 42.5 Å². The zero-order chi connectivity index (χ0) is 25.8. The lowest BCUT2D eigenvalue weighted by atomic mass is 9.92. The lowest BCUT2D eigenvalue weighted by Crippen LogP contribution is -2.55. The summed E-state index contributed by atoms with van der Waals surface area (Å²) in [7, 11) is 0. The zero-order valence-electron chi connectivity index (χ0n) is 19.4. The van der Waals surface area contributed by atoms with Gasteiger partial charge in [-0.2, -0.15) is 0 Å². The summed E-state index contributed by atoms with van der Waals surface area (Å²) in [6.45, 7) is 2.48. The fourth-order valence-corrected chi connectivity index (χ4v) is 3.64. The normalized spacial score (nSPS) is 18.6. The molecule has 0 saturated carbocycles. The lowest BCUT2D eigenvalue weighted by Gasteiger charge is -2.24. The van der Waals surface area contributed by atoms with Crippen LogP contribution >= 0.6 is 0 Å². The van der Waals surface area contributed by atoms with Crippen molar-refractivity contribution >= 4 is 17.6 Å². The molecule has 0 bridgehead atoms. The van der Waals surface area contributed by atoms with Crippen LogP contribution in [0.1, 0.15) is 30.6 Å². The van der Waals surface area contributed by atoms with E-state index in [1.807, 2.05) is 13.8 Å². The predicted octanol–water partition coefficient (Wildman–Crippen LogP) is 1.58. The Labute approximate surface area is 201 Å². The van der Waals surface area contributed by atoms with E-state index >= 15 is 0 Å². The smallest absolute Gasteiger partial charge is 0.252 e. The summed E-state index contributed by atoms with van der Waals surface area (Å²) in [6, 6.07) is 6.22. The molecule has 0 radical (unpaired) electrons. The molecule has 0 aromatic heterocycles. The minimum absolute atomic E-state index is 0.0115. The number of epoxide rings is 1. The van der Waals surface area contributed by atoms with Crippen molar-refractivity contribution in [2.75, 3.05) is 19.8 Å². The number of rotatable bonds is 11. The summed E-state index contributed by atoms with van der Waals surface area (Å²) in [6.07, 6.45) is 0.265. The van der Waals surface area contributed by atoms with Crippen molar-refractivity contribution in [2.45, 2.75) is 38.0 Å². The summed E-state index contributed by atoms with van der Waals surface area (Å²) in [5, 5.41) is 24.1. The fourth-order valence-electron chi connectivity index (χ4n) is 3.64. The molecule has 0 unspecified atom stereocenters. The molecule has 0 spiro atoms. The molecule has 1 aliphatic heterocycles. The first-order valence-electron chi connectivity index (χ1n) is 11.2. The third kappa shape index (κ3) is 6.27. The van der Waals surface area contributed by atoms with Gasteiger partial charge >= 0.3 is 0 Å². The SMILES string of the molecule is CC(C)C[C@H](NC(=O)[C@H](CO)NC(=O)c1ccc(F)c(-c2ccc(F)cc2)c1)C(=O)[C@]1(CO)CO1. The van der Waals surface area contributed by atoms with Gasteiger partial charge in [-0.25, -0.2) is 8.78 Å². The van der Waals surface area contributed by atoms with Crippen molar-refractivity contribution in [1.82, 2.24) is 10.6 Å². The number of carbonyl (C=O) groups excluding carboxylic acids is 3. The summed E-state index contributed by atoms with van der Waals surface area (Å²) in [5.74, 6) is -3.13. The maximum Gasteiger partial charge on any atom is 0.252 e. The van der Waals surface area contributed by atoms with Crippen molar-refractivity contribution in [1.29, 1.82) is 0 Å². The molecule has 1 saturated heterocycles. The standard InChI is InChI=1S/C25H28F2N2O6/c1-14(2)9-20(22(32)25(12-31)13-35-25)28-24(34)21(11-30)29-23(33)16-5-8-19(27)18(10-16)15-3-6-17(26)7-4-15/h3-8,10,14,20-21,30-31H,9,11-13H2,1-2H3,(H,28,34)(H,29,33)/t20-,21-,25-/m0/s1. The maximum absolute atomic E-state index is 14.3. The van der Waals surface area contributed by atoms with Gasteiger partial charge in [0, 0.05) is 11.1 Å². The molecule has 3 atom stereocenters. The minimum Gasteiger partial charge on any atom is -0.394 e. The van der Waals surface area contributed by atoms with Crippen molar-refractivity contribution < 1.29 is 38.1 Å². The van der Waals surface area contributed by atoms with Gasteiger partial charge < -0.3 is 25.6 Å². The summed E-state index contributed by atoms with van der Waals surface area (Å²) in [4.78, 5) is 38.4. The number of nitrogens with one attached hydrogen (secondary N) is 2. The van der Waals surface area contributed by atoms with Crippen LogP contribution in [0.3, 0.4) is 0 Å². The first-order valence-corrected chi connectivity index (χ1v) is 11.2. The number of ether oxygens (including phenoxy) is 1. The third-order valence-corrected chi connectivity index (χ3v) is 5.73. The number of carbonyl (C=O) groups is 3. The van der Waals surface area contributed by atoms with Gasteiger partial charge in [0.15, 0.2) is 11.4 Å². The van der Waals surface area contributed by atoms with Crippen LogP contribution in [-0.4, -0.2) is 65.3 Å². The fraction of sp³-hybridized carbons (Fsp3) is 0.400. The van der Waals surface area contributed by atoms with Gasteiger partial charge in [-0.3, -0.25) is 14.4 Å². The highest BCUT2D eigenvalue weighted by atomic mass is 19.1. The first-order chi connectivity index (χ1) is 16.6. The number of aliphatic hydroxyl groups excluding tert-OH is 2. The van der Waals surface area contributed by atoms with E-state index in [9.17, 15) is 33.4 Å². The Morgan fingerprint density at radius 1 is 1.03 bits per heavy atom. The van der Waals surface area contributed by atoms with Gasteiger partial charge in [-0.15, -0.1) is 0 Å². The highest BCUT2D eigenvalue weighted by Crippen LogP contribution is 2.30. The molecule has 1 heterocycles. The van der Waals surface area contributed by atoms with E-state index in [0.717, 1.165) is 18.2 Å². The second-order valence-electron chi connectivity index (χ2n) is 8.91. The van der Waals surface area contributed by atoms with E-state index < -0.39 is 60.1 Å². The Morgan fingerprint density at radius 2 is 1.69 bits per heavy atom. The largest absolute Gasteiger partial charge is 0.394 e. The molecule has 1 aliphatic rings. The molecule has 4 N–H and O–H groups in total. The molecule has 35 heavy (non-hydrogen) atoms. The molecule has 10 heteroatoms. The Balaban J connectivity index is 1.73. The van der Waals surface area contributed by atoms with E-state index in [1.54, 1.807) is 0 Å².